The second kappa shape index (κ2) is 8.27. The van der Waals surface area contributed by atoms with Crippen LogP contribution in [0.15, 0.2) is 54.6 Å². The molecule has 0 radical (unpaired) electrons. The summed E-state index contributed by atoms with van der Waals surface area (Å²) in [6, 6.07) is 8.92. The first kappa shape index (κ1) is 22.7. The summed E-state index contributed by atoms with van der Waals surface area (Å²) in [5.74, 6) is -3.75. The van der Waals surface area contributed by atoms with Crippen molar-refractivity contribution in [3.63, 3.8) is 0 Å². The number of fused-ring (bicyclic) bond motifs is 5. The topological polar surface area (TPSA) is 144 Å². The average Bonchev–Trinajstić information content (AvgIpc) is 3.52. The largest absolute Gasteiger partial charge is 0.282 e. The van der Waals surface area contributed by atoms with Crippen molar-refractivity contribution in [3.05, 3.63) is 91.0 Å². The van der Waals surface area contributed by atoms with Crippen LogP contribution in [0.3, 0.4) is 0 Å². The first-order chi connectivity index (χ1) is 16.7. The fourth-order valence-corrected chi connectivity index (χ4v) is 5.48. The lowest BCUT2D eigenvalue weighted by Gasteiger charge is -2.31. The van der Waals surface area contributed by atoms with Crippen LogP contribution in [0.25, 0.3) is 0 Å². The Morgan fingerprint density at radius 1 is 0.971 bits per heavy atom. The molecular formula is C23H17ClN4O7. The Morgan fingerprint density at radius 3 is 2.17 bits per heavy atom. The zero-order chi connectivity index (χ0) is 25.0. The Kier molecular flexibility index (Phi) is 5.36. The fraction of sp³-hybridized carbons (Fsp3) is 0.261. The summed E-state index contributed by atoms with van der Waals surface area (Å²) in [4.78, 5) is 62.3. The molecule has 1 saturated heterocycles. The number of amides is 3. The lowest BCUT2D eigenvalue weighted by Crippen LogP contribution is -2.50. The van der Waals surface area contributed by atoms with Gasteiger partial charge in [0.2, 0.25) is 0 Å². The molecular weight excluding hydrogens is 480 g/mol. The summed E-state index contributed by atoms with van der Waals surface area (Å²) in [5, 5.41) is 24.8. The fourth-order valence-electron chi connectivity index (χ4n) is 5.31. The van der Waals surface area contributed by atoms with Gasteiger partial charge < -0.3 is 0 Å². The van der Waals surface area contributed by atoms with Gasteiger partial charge in [-0.3, -0.25) is 34.6 Å². The van der Waals surface area contributed by atoms with E-state index in [9.17, 15) is 34.6 Å². The molecule has 2 aromatic rings. The minimum absolute atomic E-state index is 0.00471. The van der Waals surface area contributed by atoms with Gasteiger partial charge in [-0.15, -0.1) is 0 Å². The molecule has 3 amide bonds. The molecule has 2 fully saturated rings. The third kappa shape index (κ3) is 3.55. The molecule has 11 nitrogen and oxygen atoms in total. The van der Waals surface area contributed by atoms with Crippen molar-refractivity contribution >= 4 is 40.7 Å². The van der Waals surface area contributed by atoms with E-state index in [0.717, 1.165) is 22.2 Å². The normalized spacial score (nSPS) is 24.1. The Labute approximate surface area is 202 Å². The van der Waals surface area contributed by atoms with Gasteiger partial charge in [0.1, 0.15) is 5.56 Å². The minimum atomic E-state index is -0.997. The highest BCUT2D eigenvalue weighted by Gasteiger charge is 2.61. The van der Waals surface area contributed by atoms with Crippen molar-refractivity contribution in [2.75, 3.05) is 0 Å². The van der Waals surface area contributed by atoms with Crippen LogP contribution in [-0.2, 0) is 16.1 Å². The van der Waals surface area contributed by atoms with Crippen LogP contribution in [0.1, 0.15) is 22.3 Å². The van der Waals surface area contributed by atoms with E-state index in [-0.39, 0.29) is 28.0 Å². The quantitative estimate of drug-likeness (QED) is 0.257. The van der Waals surface area contributed by atoms with Crippen molar-refractivity contribution in [2.24, 2.45) is 23.7 Å². The molecule has 1 saturated carbocycles. The number of rotatable bonds is 6. The summed E-state index contributed by atoms with van der Waals surface area (Å²) in [5.41, 5.74) is -1.29. The van der Waals surface area contributed by atoms with Crippen molar-refractivity contribution in [2.45, 2.75) is 13.0 Å². The number of carbonyl (C=O) groups is 3. The molecule has 2 aromatic carbocycles. The molecule has 1 aliphatic heterocycles. The van der Waals surface area contributed by atoms with Gasteiger partial charge in [-0.1, -0.05) is 35.9 Å². The number of hydrazine groups is 1. The van der Waals surface area contributed by atoms with Crippen LogP contribution in [0.5, 0.6) is 0 Å². The molecule has 0 unspecified atom stereocenters. The zero-order valence-corrected chi connectivity index (χ0v) is 18.7. The van der Waals surface area contributed by atoms with Gasteiger partial charge >= 0.3 is 0 Å². The van der Waals surface area contributed by atoms with E-state index >= 15 is 0 Å². The van der Waals surface area contributed by atoms with Gasteiger partial charge in [-0.05, 0) is 36.5 Å². The third-order valence-corrected chi connectivity index (χ3v) is 7.05. The number of para-hydroxylation sites is 1. The zero-order valence-electron chi connectivity index (χ0n) is 17.9. The number of imide groups is 1. The lowest BCUT2D eigenvalue weighted by atomic mass is 9.85. The number of benzene rings is 2. The monoisotopic (exact) mass is 496 g/mol. The summed E-state index contributed by atoms with van der Waals surface area (Å²) < 4.78 is 0. The molecule has 2 bridgehead atoms. The number of nitro groups is 2. The molecule has 35 heavy (non-hydrogen) atoms. The molecule has 5 rings (SSSR count). The summed E-state index contributed by atoms with van der Waals surface area (Å²) >= 11 is 5.90. The van der Waals surface area contributed by atoms with Gasteiger partial charge in [0.15, 0.2) is 0 Å². The van der Waals surface area contributed by atoms with Gasteiger partial charge in [0.05, 0.1) is 33.8 Å². The first-order valence-electron chi connectivity index (χ1n) is 10.7. The van der Waals surface area contributed by atoms with Crippen molar-refractivity contribution < 1.29 is 24.2 Å². The number of allylic oxidation sites excluding steroid dienone is 2. The number of halogens is 1. The maximum absolute atomic E-state index is 13.7. The van der Waals surface area contributed by atoms with Crippen molar-refractivity contribution in [1.82, 2.24) is 10.0 Å². The van der Waals surface area contributed by atoms with Crippen molar-refractivity contribution in [3.8, 4) is 0 Å². The van der Waals surface area contributed by atoms with E-state index in [2.05, 4.69) is 0 Å². The van der Waals surface area contributed by atoms with Crippen molar-refractivity contribution in [1.29, 1.82) is 0 Å². The number of nitro benzene ring substituents is 2. The molecule has 12 heteroatoms. The molecule has 178 valence electrons. The van der Waals surface area contributed by atoms with Crippen LogP contribution in [0, 0.1) is 43.9 Å². The highest BCUT2D eigenvalue weighted by atomic mass is 35.5. The summed E-state index contributed by atoms with van der Waals surface area (Å²) in [6.07, 6.45) is 4.44. The highest BCUT2D eigenvalue weighted by Crippen LogP contribution is 2.53. The van der Waals surface area contributed by atoms with E-state index in [4.69, 9.17) is 11.6 Å². The van der Waals surface area contributed by atoms with Crippen LogP contribution in [-0.4, -0.2) is 37.6 Å². The molecule has 0 N–H and O–H groups in total. The summed E-state index contributed by atoms with van der Waals surface area (Å²) in [6.45, 7) is -0.544. The first-order valence-corrected chi connectivity index (χ1v) is 11.1. The molecule has 2 aliphatic carbocycles. The van der Waals surface area contributed by atoms with E-state index < -0.39 is 57.3 Å². The standard InChI is InChI=1S/C23H17ClN4O7/c24-15-8-7-14(18(10-15)28(34)35)11-25(21(29)16-3-1-2-4-17(16)27(32)33)26-22(30)19-12-5-6-13(9-12)20(19)23(26)31/h1-8,10,12-13,19-20H,9,11H2/t12-,13-,19-,20+/m0/s1. The van der Waals surface area contributed by atoms with Gasteiger partial charge in [-0.25, -0.2) is 5.01 Å². The molecule has 3 aliphatic rings. The Morgan fingerprint density at radius 2 is 1.57 bits per heavy atom. The van der Waals surface area contributed by atoms with E-state index in [1.165, 1.54) is 30.3 Å². The minimum Gasteiger partial charge on any atom is -0.272 e. The predicted octanol–water partition coefficient (Wildman–Crippen LogP) is 3.52. The maximum atomic E-state index is 13.7. The summed E-state index contributed by atoms with van der Waals surface area (Å²) in [7, 11) is 0. The number of hydrogen-bond donors (Lipinski definition) is 0. The Hall–Kier alpha value is -4.12. The van der Waals surface area contributed by atoms with E-state index in [1.54, 1.807) is 0 Å². The van der Waals surface area contributed by atoms with Crippen LogP contribution >= 0.6 is 11.6 Å². The Balaban J connectivity index is 1.60. The molecule has 0 aromatic heterocycles. The number of hydrogen-bond acceptors (Lipinski definition) is 7. The average molecular weight is 497 g/mol. The van der Waals surface area contributed by atoms with E-state index in [1.807, 2.05) is 12.2 Å². The smallest absolute Gasteiger partial charge is 0.272 e. The third-order valence-electron chi connectivity index (χ3n) is 6.82. The number of carbonyl (C=O) groups excluding carboxylic acids is 3. The molecule has 1 heterocycles. The predicted molar refractivity (Wildman–Crippen MR) is 121 cm³/mol. The highest BCUT2D eigenvalue weighted by molar-refractivity contribution is 6.30. The van der Waals surface area contributed by atoms with Crippen LogP contribution < -0.4 is 0 Å². The second-order valence-corrected chi connectivity index (χ2v) is 9.09. The SMILES string of the molecule is O=C(c1ccccc1[N+](=O)[O-])N(Cc1ccc(Cl)cc1[N+](=O)[O-])N1C(=O)[C@@H]2[C@H](C1=O)[C@H]1C=C[C@H]2C1. The molecule has 4 atom stereocenters. The van der Waals surface area contributed by atoms with E-state index in [0.29, 0.717) is 6.42 Å². The molecule has 0 spiro atoms. The maximum Gasteiger partial charge on any atom is 0.282 e. The van der Waals surface area contributed by atoms with Crippen LogP contribution in [0.2, 0.25) is 5.02 Å². The van der Waals surface area contributed by atoms with Gasteiger partial charge in [0, 0.05) is 17.2 Å². The lowest BCUT2D eigenvalue weighted by molar-refractivity contribution is -0.385. The van der Waals surface area contributed by atoms with Gasteiger partial charge in [0.25, 0.3) is 29.1 Å². The second-order valence-electron chi connectivity index (χ2n) is 8.66. The van der Waals surface area contributed by atoms with Gasteiger partial charge in [-0.2, -0.15) is 5.01 Å². The van der Waals surface area contributed by atoms with Crippen LogP contribution in [0.4, 0.5) is 11.4 Å². The Bertz CT molecular complexity index is 1310. The number of nitrogens with zero attached hydrogens (tertiary/aromatic N) is 4.